The molecule has 31 heavy (non-hydrogen) atoms. The fraction of sp³-hybridized carbons (Fsp3) is 0.0385. The Morgan fingerprint density at radius 1 is 1.00 bits per heavy atom. The number of rotatable bonds is 5. The first kappa shape index (κ1) is 18.6. The number of furan rings is 1. The Labute approximate surface area is 179 Å². The van der Waals surface area contributed by atoms with Gasteiger partial charge in [0.05, 0.1) is 17.8 Å². The molecule has 5 rings (SSSR count). The van der Waals surface area contributed by atoms with Crippen molar-refractivity contribution < 1.29 is 4.42 Å². The van der Waals surface area contributed by atoms with E-state index in [2.05, 4.69) is 23.2 Å². The van der Waals surface area contributed by atoms with Crippen LogP contribution in [0.2, 0.25) is 0 Å². The van der Waals surface area contributed by atoms with E-state index in [1.807, 2.05) is 83.7 Å². The van der Waals surface area contributed by atoms with Crippen LogP contribution in [0.3, 0.4) is 0 Å². The normalized spacial score (nSPS) is 11.5. The van der Waals surface area contributed by atoms with Crippen molar-refractivity contribution in [3.63, 3.8) is 0 Å². The summed E-state index contributed by atoms with van der Waals surface area (Å²) in [6.07, 6.45) is 5.44. The van der Waals surface area contributed by atoms with Crippen LogP contribution in [0.4, 0.5) is 0 Å². The Morgan fingerprint density at radius 3 is 2.58 bits per heavy atom. The minimum Gasteiger partial charge on any atom is -0.454 e. The number of pyridine rings is 1. The first-order valence-corrected chi connectivity index (χ1v) is 9.94. The lowest BCUT2D eigenvalue weighted by atomic mass is 10.1. The average molecular weight is 402 g/mol. The van der Waals surface area contributed by atoms with Crippen LogP contribution in [0.5, 0.6) is 0 Å². The largest absolute Gasteiger partial charge is 0.454 e. The standard InChI is InChI=1S/C26H18N4O/c27-16-21(23-11-6-7-13-28-23)14-22-18-30(17-19-8-2-1-3-9-19)29-26(22)25-15-20-10-4-5-12-24(20)31-25/h1-15,18H,17H2. The molecule has 0 saturated heterocycles. The topological polar surface area (TPSA) is 67.6 Å². The molecule has 3 aromatic heterocycles. The molecule has 0 N–H and O–H groups in total. The number of nitrogens with zero attached hydrogens (tertiary/aromatic N) is 4. The highest BCUT2D eigenvalue weighted by Gasteiger charge is 2.16. The molecule has 5 nitrogen and oxygen atoms in total. The molecule has 0 fully saturated rings. The quantitative estimate of drug-likeness (QED) is 0.348. The van der Waals surface area contributed by atoms with Crippen molar-refractivity contribution in [2.24, 2.45) is 0 Å². The number of hydrogen-bond acceptors (Lipinski definition) is 4. The van der Waals surface area contributed by atoms with Crippen LogP contribution in [0.25, 0.3) is 34.1 Å². The van der Waals surface area contributed by atoms with E-state index in [-0.39, 0.29) is 0 Å². The molecular weight excluding hydrogens is 384 g/mol. The van der Waals surface area contributed by atoms with Crippen molar-refractivity contribution in [2.75, 3.05) is 0 Å². The maximum absolute atomic E-state index is 9.75. The third-order valence-electron chi connectivity index (χ3n) is 5.00. The van der Waals surface area contributed by atoms with E-state index in [0.29, 0.717) is 29.3 Å². The molecule has 3 heterocycles. The van der Waals surface area contributed by atoms with Gasteiger partial charge in [0.1, 0.15) is 17.3 Å². The molecule has 0 aliphatic rings. The summed E-state index contributed by atoms with van der Waals surface area (Å²) in [5, 5.41) is 15.6. The predicted octanol–water partition coefficient (Wildman–Crippen LogP) is 5.80. The number of nitriles is 1. The van der Waals surface area contributed by atoms with E-state index < -0.39 is 0 Å². The van der Waals surface area contributed by atoms with Crippen molar-refractivity contribution in [1.82, 2.24) is 14.8 Å². The van der Waals surface area contributed by atoms with Gasteiger partial charge in [-0.1, -0.05) is 54.6 Å². The lowest BCUT2D eigenvalue weighted by Gasteiger charge is -2.00. The zero-order valence-corrected chi connectivity index (χ0v) is 16.6. The molecule has 0 radical (unpaired) electrons. The number of allylic oxidation sites excluding steroid dienone is 1. The SMILES string of the molecule is N#CC(=Cc1cn(Cc2ccccc2)nc1-c1cc2ccccc2o1)c1ccccn1. The van der Waals surface area contributed by atoms with Crippen LogP contribution in [0.15, 0.2) is 95.7 Å². The van der Waals surface area contributed by atoms with Gasteiger partial charge in [0, 0.05) is 23.3 Å². The monoisotopic (exact) mass is 402 g/mol. The fourth-order valence-electron chi connectivity index (χ4n) is 3.53. The molecule has 5 aromatic rings. The molecule has 0 bridgehead atoms. The second kappa shape index (κ2) is 8.13. The minimum absolute atomic E-state index is 0.470. The molecular formula is C26H18N4O. The van der Waals surface area contributed by atoms with E-state index in [9.17, 15) is 5.26 Å². The number of hydrogen-bond donors (Lipinski definition) is 0. The zero-order valence-electron chi connectivity index (χ0n) is 16.6. The number of fused-ring (bicyclic) bond motifs is 1. The van der Waals surface area contributed by atoms with Crippen LogP contribution in [-0.4, -0.2) is 14.8 Å². The van der Waals surface area contributed by atoms with Gasteiger partial charge in [0.25, 0.3) is 0 Å². The Balaban J connectivity index is 1.63. The first-order valence-electron chi connectivity index (χ1n) is 9.94. The molecule has 0 aliphatic heterocycles. The maximum Gasteiger partial charge on any atom is 0.156 e. The van der Waals surface area contributed by atoms with E-state index >= 15 is 0 Å². The lowest BCUT2D eigenvalue weighted by Crippen LogP contribution is -1.99. The minimum atomic E-state index is 0.470. The van der Waals surface area contributed by atoms with Gasteiger partial charge >= 0.3 is 0 Å². The fourth-order valence-corrected chi connectivity index (χ4v) is 3.53. The second-order valence-electron chi connectivity index (χ2n) is 7.15. The second-order valence-corrected chi connectivity index (χ2v) is 7.15. The third kappa shape index (κ3) is 3.87. The number of aromatic nitrogens is 3. The van der Waals surface area contributed by atoms with Crippen LogP contribution >= 0.6 is 0 Å². The Bertz CT molecular complexity index is 1370. The third-order valence-corrected chi connectivity index (χ3v) is 5.00. The average Bonchev–Trinajstić information content (AvgIpc) is 3.42. The summed E-state index contributed by atoms with van der Waals surface area (Å²) < 4.78 is 7.95. The summed E-state index contributed by atoms with van der Waals surface area (Å²) in [4.78, 5) is 4.32. The summed E-state index contributed by atoms with van der Waals surface area (Å²) in [5.74, 6) is 0.664. The molecule has 0 atom stereocenters. The molecule has 0 aliphatic carbocycles. The van der Waals surface area contributed by atoms with Gasteiger partial charge in [-0.2, -0.15) is 10.4 Å². The Kier molecular flexibility index (Phi) is 4.88. The maximum atomic E-state index is 9.75. The summed E-state index contributed by atoms with van der Waals surface area (Å²) in [6, 6.07) is 27.8. The Hall–Kier alpha value is -4.43. The van der Waals surface area contributed by atoms with Gasteiger partial charge in [0.15, 0.2) is 5.76 Å². The van der Waals surface area contributed by atoms with Gasteiger partial charge in [-0.05, 0) is 35.9 Å². The summed E-state index contributed by atoms with van der Waals surface area (Å²) in [7, 11) is 0. The highest BCUT2D eigenvalue weighted by molar-refractivity contribution is 5.92. The van der Waals surface area contributed by atoms with E-state index in [0.717, 1.165) is 22.1 Å². The predicted molar refractivity (Wildman–Crippen MR) is 121 cm³/mol. The van der Waals surface area contributed by atoms with Crippen molar-refractivity contribution in [1.29, 1.82) is 5.26 Å². The van der Waals surface area contributed by atoms with Crippen molar-refractivity contribution in [3.05, 3.63) is 108 Å². The van der Waals surface area contributed by atoms with Crippen LogP contribution in [-0.2, 0) is 6.54 Å². The highest BCUT2D eigenvalue weighted by Crippen LogP contribution is 2.31. The smallest absolute Gasteiger partial charge is 0.156 e. The molecule has 0 unspecified atom stereocenters. The summed E-state index contributed by atoms with van der Waals surface area (Å²) in [6.45, 7) is 0.618. The van der Waals surface area contributed by atoms with Gasteiger partial charge in [0.2, 0.25) is 0 Å². The van der Waals surface area contributed by atoms with Crippen molar-refractivity contribution in [3.8, 4) is 17.5 Å². The van der Waals surface area contributed by atoms with Gasteiger partial charge in [-0.25, -0.2) is 0 Å². The number of benzene rings is 2. The molecule has 0 amide bonds. The Morgan fingerprint density at radius 2 is 1.81 bits per heavy atom. The van der Waals surface area contributed by atoms with E-state index in [1.54, 1.807) is 6.20 Å². The van der Waals surface area contributed by atoms with Crippen LogP contribution in [0, 0.1) is 11.3 Å². The summed E-state index contributed by atoms with van der Waals surface area (Å²) >= 11 is 0. The van der Waals surface area contributed by atoms with Gasteiger partial charge in [-0.3, -0.25) is 9.67 Å². The summed E-state index contributed by atoms with van der Waals surface area (Å²) in [5.41, 5.74) is 4.53. The molecule has 0 saturated carbocycles. The molecule has 2 aromatic carbocycles. The molecule has 5 heteroatoms. The van der Waals surface area contributed by atoms with Crippen LogP contribution in [0.1, 0.15) is 16.8 Å². The van der Waals surface area contributed by atoms with E-state index in [1.165, 1.54) is 0 Å². The van der Waals surface area contributed by atoms with E-state index in [4.69, 9.17) is 9.52 Å². The molecule has 0 spiro atoms. The van der Waals surface area contributed by atoms with Gasteiger partial charge < -0.3 is 4.42 Å². The lowest BCUT2D eigenvalue weighted by molar-refractivity contribution is 0.621. The number of para-hydroxylation sites is 1. The van der Waals surface area contributed by atoms with Crippen LogP contribution < -0.4 is 0 Å². The highest BCUT2D eigenvalue weighted by atomic mass is 16.3. The van der Waals surface area contributed by atoms with Crippen molar-refractivity contribution in [2.45, 2.75) is 6.54 Å². The zero-order chi connectivity index (χ0) is 21.0. The molecule has 148 valence electrons. The van der Waals surface area contributed by atoms with Gasteiger partial charge in [-0.15, -0.1) is 0 Å². The first-order chi connectivity index (χ1) is 15.3. The van der Waals surface area contributed by atoms with Crippen molar-refractivity contribution >= 4 is 22.6 Å².